The summed E-state index contributed by atoms with van der Waals surface area (Å²) in [6.07, 6.45) is 2.75. The second-order valence-corrected chi connectivity index (χ2v) is 11.9. The van der Waals surface area contributed by atoms with Gasteiger partial charge in [0.25, 0.3) is 11.5 Å². The van der Waals surface area contributed by atoms with Crippen LogP contribution in [0.1, 0.15) is 29.7 Å². The quantitative estimate of drug-likeness (QED) is 0.348. The number of amides is 2. The van der Waals surface area contributed by atoms with Crippen LogP contribution in [-0.2, 0) is 29.1 Å². The summed E-state index contributed by atoms with van der Waals surface area (Å²) >= 11 is 1.41. The van der Waals surface area contributed by atoms with Crippen molar-refractivity contribution in [2.45, 2.75) is 44.5 Å². The number of nitrogens with one attached hydrogen (secondary N) is 2. The molecule has 0 unspecified atom stereocenters. The van der Waals surface area contributed by atoms with Crippen LogP contribution in [0, 0.1) is 0 Å². The predicted molar refractivity (Wildman–Crippen MR) is 167 cm³/mol. The van der Waals surface area contributed by atoms with Crippen LogP contribution in [0.15, 0.2) is 58.8 Å². The van der Waals surface area contributed by atoms with E-state index in [9.17, 15) is 14.4 Å². The summed E-state index contributed by atoms with van der Waals surface area (Å²) in [4.78, 5) is 45.9. The van der Waals surface area contributed by atoms with E-state index in [2.05, 4.69) is 20.5 Å². The van der Waals surface area contributed by atoms with Gasteiger partial charge in [0.2, 0.25) is 5.91 Å². The largest absolute Gasteiger partial charge is 0.496 e. The molecule has 3 aliphatic heterocycles. The highest BCUT2D eigenvalue weighted by Gasteiger charge is 2.33. The van der Waals surface area contributed by atoms with E-state index in [-0.39, 0.29) is 42.5 Å². The van der Waals surface area contributed by atoms with E-state index >= 15 is 0 Å². The van der Waals surface area contributed by atoms with E-state index in [1.165, 1.54) is 22.8 Å². The maximum atomic E-state index is 13.3. The van der Waals surface area contributed by atoms with Gasteiger partial charge in [0.05, 0.1) is 26.0 Å². The number of carbonyl (C=O) groups is 2. The number of aryl methyl sites for hydroxylation is 1. The number of rotatable bonds is 4. The molecule has 13 heteroatoms. The number of nitrogens with zero attached hydrogens (tertiary/aromatic N) is 3. The average molecular weight is 634 g/mol. The van der Waals surface area contributed by atoms with Crippen molar-refractivity contribution in [1.82, 2.24) is 24.9 Å². The number of hydrogen-bond donors (Lipinski definition) is 2. The summed E-state index contributed by atoms with van der Waals surface area (Å²) in [7, 11) is 3.12. The first kappa shape index (κ1) is 30.4. The molecule has 45 heavy (non-hydrogen) atoms. The summed E-state index contributed by atoms with van der Waals surface area (Å²) in [5.74, 6) is 1.69. The smallest absolute Gasteiger partial charge is 0.258 e. The number of hydrogen-bond acceptors (Lipinski definition) is 10. The Labute approximate surface area is 263 Å². The standard InChI is InChI=1S/C32H35N5O7S/c1-41-26-7-3-20-4-8-29(38)33-16-21-5-6-23(15-27(21)42-2)44-25-9-10-36(18-24(25)35-30(39)19-43-28(26)13-20)17-22-14-31(40)37-11-12-45-32(37)34-22/h3,5-7,11-15,24-25H,4,8-10,16-19H2,1-2H3,(H,33,38)(H,35,39)/t24-,25+/m1/s1. The van der Waals surface area contributed by atoms with Crippen molar-refractivity contribution < 1.29 is 28.5 Å². The van der Waals surface area contributed by atoms with Crippen molar-refractivity contribution >= 4 is 28.1 Å². The predicted octanol–water partition coefficient (Wildman–Crippen LogP) is 2.55. The lowest BCUT2D eigenvalue weighted by Crippen LogP contribution is -2.57. The maximum absolute atomic E-state index is 13.3. The van der Waals surface area contributed by atoms with Gasteiger partial charge in [0, 0.05) is 61.9 Å². The van der Waals surface area contributed by atoms with Gasteiger partial charge in [-0.1, -0.05) is 6.07 Å². The third-order valence-electron chi connectivity index (χ3n) is 7.97. The number of likely N-dealkylation sites (tertiary alicyclic amines) is 1. The molecule has 1 fully saturated rings. The fourth-order valence-electron chi connectivity index (χ4n) is 5.66. The minimum atomic E-state index is -0.387. The van der Waals surface area contributed by atoms with Crippen molar-refractivity contribution in [3.63, 3.8) is 0 Å². The third kappa shape index (κ3) is 7.21. The van der Waals surface area contributed by atoms with Crippen LogP contribution in [0.25, 0.3) is 4.96 Å². The van der Waals surface area contributed by atoms with E-state index in [1.807, 2.05) is 23.6 Å². The summed E-state index contributed by atoms with van der Waals surface area (Å²) < 4.78 is 25.0. The molecule has 1 saturated heterocycles. The Hall–Kier alpha value is -4.62. The molecular formula is C32H35N5O7S. The van der Waals surface area contributed by atoms with Crippen LogP contribution in [0.5, 0.6) is 23.0 Å². The van der Waals surface area contributed by atoms with Crippen LogP contribution in [0.3, 0.4) is 0 Å². The first-order valence-electron chi connectivity index (χ1n) is 14.8. The number of carbonyl (C=O) groups excluding carboxylic acids is 2. The van der Waals surface area contributed by atoms with Crippen LogP contribution >= 0.6 is 11.3 Å². The zero-order chi connectivity index (χ0) is 31.3. The lowest BCUT2D eigenvalue weighted by Gasteiger charge is -2.38. The topological polar surface area (TPSA) is 133 Å². The van der Waals surface area contributed by atoms with E-state index in [1.54, 1.807) is 37.6 Å². The second-order valence-electron chi connectivity index (χ2n) is 11.0. The zero-order valence-corrected chi connectivity index (χ0v) is 25.9. The van der Waals surface area contributed by atoms with Gasteiger partial charge in [-0.2, -0.15) is 0 Å². The molecular weight excluding hydrogens is 598 g/mol. The lowest BCUT2D eigenvalue weighted by molar-refractivity contribution is -0.125. The third-order valence-corrected chi connectivity index (χ3v) is 8.73. The number of piperidine rings is 1. The Morgan fingerprint density at radius 2 is 1.89 bits per heavy atom. The molecule has 5 heterocycles. The minimum absolute atomic E-state index is 0.0988. The minimum Gasteiger partial charge on any atom is -0.496 e. The van der Waals surface area contributed by atoms with Gasteiger partial charge in [-0.15, -0.1) is 11.3 Å². The molecule has 3 aliphatic rings. The first-order valence-corrected chi connectivity index (χ1v) is 15.6. The Bertz CT molecular complexity index is 1760. The molecule has 2 aromatic heterocycles. The van der Waals surface area contributed by atoms with Crippen LogP contribution in [0.4, 0.5) is 0 Å². The van der Waals surface area contributed by atoms with Crippen LogP contribution < -0.4 is 35.1 Å². The fraction of sp³-hybridized carbons (Fsp3) is 0.375. The molecule has 2 amide bonds. The average Bonchev–Trinajstić information content (AvgIpc) is 3.52. The van der Waals surface area contributed by atoms with Crippen LogP contribution in [0.2, 0.25) is 0 Å². The Kier molecular flexibility index (Phi) is 9.17. The van der Waals surface area contributed by atoms with Crippen molar-refractivity contribution in [1.29, 1.82) is 0 Å². The van der Waals surface area contributed by atoms with Gasteiger partial charge in [-0.3, -0.25) is 23.7 Å². The zero-order valence-electron chi connectivity index (χ0n) is 25.1. The molecule has 0 spiro atoms. The second kappa shape index (κ2) is 13.6. The van der Waals surface area contributed by atoms with Crippen LogP contribution in [-0.4, -0.2) is 72.2 Å². The maximum Gasteiger partial charge on any atom is 0.258 e. The van der Waals surface area contributed by atoms with Crippen molar-refractivity contribution in [2.24, 2.45) is 0 Å². The summed E-state index contributed by atoms with van der Waals surface area (Å²) in [5, 5.41) is 7.91. The molecule has 4 aromatic rings. The highest BCUT2D eigenvalue weighted by Crippen LogP contribution is 2.30. The number of ether oxygens (including phenoxy) is 4. The van der Waals surface area contributed by atoms with Gasteiger partial charge in [0.15, 0.2) is 23.1 Å². The fourth-order valence-corrected chi connectivity index (χ4v) is 6.40. The number of aromatic nitrogens is 2. The summed E-state index contributed by atoms with van der Waals surface area (Å²) in [6.45, 7) is 1.67. The Balaban J connectivity index is 1.25. The van der Waals surface area contributed by atoms with Crippen molar-refractivity contribution in [2.75, 3.05) is 33.9 Å². The van der Waals surface area contributed by atoms with Gasteiger partial charge >= 0.3 is 0 Å². The first-order chi connectivity index (χ1) is 21.9. The van der Waals surface area contributed by atoms with Gasteiger partial charge in [-0.25, -0.2) is 4.98 Å². The monoisotopic (exact) mass is 633 g/mol. The van der Waals surface area contributed by atoms with Gasteiger partial charge in [-0.05, 0) is 42.7 Å². The van der Waals surface area contributed by atoms with E-state index in [4.69, 9.17) is 18.9 Å². The highest BCUT2D eigenvalue weighted by atomic mass is 32.1. The number of fused-ring (bicyclic) bond motifs is 10. The SMILES string of the molecule is COc1cc2ccc1CNC(=O)CCc1ccc(OC)c(c1)OCC(=O)N[C@@H]1CN(Cc3cc(=O)n4ccsc4n3)CC[C@@H]1O2. The molecule has 0 saturated carbocycles. The summed E-state index contributed by atoms with van der Waals surface area (Å²) in [5.41, 5.74) is 2.25. The van der Waals surface area contributed by atoms with E-state index in [0.717, 1.165) is 11.1 Å². The molecule has 2 atom stereocenters. The molecule has 2 aromatic carbocycles. The summed E-state index contributed by atoms with van der Waals surface area (Å²) in [6, 6.07) is 12.1. The molecule has 12 nitrogen and oxygen atoms in total. The van der Waals surface area contributed by atoms with Gasteiger partial charge < -0.3 is 29.6 Å². The number of thiazole rings is 1. The molecule has 4 bridgehead atoms. The van der Waals surface area contributed by atoms with Crippen molar-refractivity contribution in [3.8, 4) is 23.0 Å². The molecule has 7 rings (SSSR count). The van der Waals surface area contributed by atoms with E-state index < -0.39 is 0 Å². The van der Waals surface area contributed by atoms with Crippen molar-refractivity contribution in [3.05, 3.63) is 81.2 Å². The Morgan fingerprint density at radius 1 is 1.02 bits per heavy atom. The molecule has 236 valence electrons. The van der Waals surface area contributed by atoms with E-state index in [0.29, 0.717) is 72.7 Å². The number of benzene rings is 2. The molecule has 0 radical (unpaired) electrons. The van der Waals surface area contributed by atoms with Gasteiger partial charge in [0.1, 0.15) is 17.6 Å². The molecule has 2 N–H and O–H groups in total. The number of methoxy groups -OCH3 is 2. The normalized spacial score (nSPS) is 19.6. The molecule has 0 aliphatic carbocycles. The Morgan fingerprint density at radius 3 is 2.73 bits per heavy atom. The lowest BCUT2D eigenvalue weighted by atomic mass is 10.0. The highest BCUT2D eigenvalue weighted by molar-refractivity contribution is 7.15.